The summed E-state index contributed by atoms with van der Waals surface area (Å²) in [6.45, 7) is 2.81. The highest BCUT2D eigenvalue weighted by molar-refractivity contribution is 6.31. The van der Waals surface area contributed by atoms with Crippen molar-refractivity contribution in [1.82, 2.24) is 19.7 Å². The van der Waals surface area contributed by atoms with E-state index in [1.807, 2.05) is 23.0 Å². The van der Waals surface area contributed by atoms with Gasteiger partial charge in [0.25, 0.3) is 0 Å². The molecular weight excluding hydrogens is 248 g/mol. The highest BCUT2D eigenvalue weighted by Gasteiger charge is 2.04. The average Bonchev–Trinajstić information content (AvgIpc) is 2.85. The number of nitrogens with zero attached hydrogens (tertiary/aromatic N) is 4. The number of hydrogen-bond donors (Lipinski definition) is 0. The first-order valence-corrected chi connectivity index (χ1v) is 6.38. The summed E-state index contributed by atoms with van der Waals surface area (Å²) in [6, 6.07) is 3.91. The molecule has 96 valence electrons. The summed E-state index contributed by atoms with van der Waals surface area (Å²) < 4.78 is 1.95. The summed E-state index contributed by atoms with van der Waals surface area (Å²) in [5.74, 6) is 0. The number of aryl methyl sites for hydroxylation is 1. The Bertz CT molecular complexity index is 470. The molecular formula is C13H17ClN4. The van der Waals surface area contributed by atoms with Gasteiger partial charge in [0.15, 0.2) is 0 Å². The van der Waals surface area contributed by atoms with E-state index < -0.39 is 0 Å². The lowest BCUT2D eigenvalue weighted by Gasteiger charge is -2.17. The van der Waals surface area contributed by atoms with Crippen molar-refractivity contribution in [3.8, 4) is 0 Å². The van der Waals surface area contributed by atoms with Crippen LogP contribution in [0.3, 0.4) is 0 Å². The summed E-state index contributed by atoms with van der Waals surface area (Å²) in [5.41, 5.74) is 1.12. The van der Waals surface area contributed by atoms with Crippen LogP contribution in [0.15, 0.2) is 36.9 Å². The van der Waals surface area contributed by atoms with Gasteiger partial charge in [-0.1, -0.05) is 11.6 Å². The Balaban J connectivity index is 1.75. The molecule has 2 aromatic heterocycles. The largest absolute Gasteiger partial charge is 0.302 e. The Morgan fingerprint density at radius 2 is 2.28 bits per heavy atom. The van der Waals surface area contributed by atoms with Gasteiger partial charge >= 0.3 is 0 Å². The van der Waals surface area contributed by atoms with Gasteiger partial charge in [0.2, 0.25) is 0 Å². The van der Waals surface area contributed by atoms with Crippen molar-refractivity contribution in [3.63, 3.8) is 0 Å². The van der Waals surface area contributed by atoms with Crippen molar-refractivity contribution in [1.29, 1.82) is 0 Å². The second-order valence-corrected chi connectivity index (χ2v) is 4.73. The molecule has 0 spiro atoms. The molecule has 0 saturated heterocycles. The van der Waals surface area contributed by atoms with E-state index in [9.17, 15) is 0 Å². The maximum Gasteiger partial charge on any atom is 0.0634 e. The minimum atomic E-state index is 0.733. The number of hydrogen-bond acceptors (Lipinski definition) is 3. The summed E-state index contributed by atoms with van der Waals surface area (Å²) in [4.78, 5) is 6.24. The minimum absolute atomic E-state index is 0.733. The molecule has 0 aliphatic heterocycles. The van der Waals surface area contributed by atoms with Crippen LogP contribution >= 0.6 is 11.6 Å². The van der Waals surface area contributed by atoms with Crippen LogP contribution in [0.5, 0.6) is 0 Å². The van der Waals surface area contributed by atoms with Gasteiger partial charge in [-0.25, -0.2) is 0 Å². The smallest absolute Gasteiger partial charge is 0.0634 e. The van der Waals surface area contributed by atoms with E-state index in [1.54, 1.807) is 18.6 Å². The molecule has 0 aromatic carbocycles. The summed E-state index contributed by atoms with van der Waals surface area (Å²) in [7, 11) is 2.10. The van der Waals surface area contributed by atoms with E-state index in [-0.39, 0.29) is 0 Å². The molecule has 0 fully saturated rings. The number of pyridine rings is 1. The molecule has 0 atom stereocenters. The van der Waals surface area contributed by atoms with E-state index >= 15 is 0 Å². The van der Waals surface area contributed by atoms with Gasteiger partial charge in [-0.3, -0.25) is 9.67 Å². The quantitative estimate of drug-likeness (QED) is 0.804. The molecule has 0 N–H and O–H groups in total. The van der Waals surface area contributed by atoms with Gasteiger partial charge in [0.05, 0.1) is 5.02 Å². The van der Waals surface area contributed by atoms with Crippen LogP contribution in [0.25, 0.3) is 0 Å². The van der Waals surface area contributed by atoms with Crippen molar-refractivity contribution in [2.24, 2.45) is 0 Å². The third kappa shape index (κ3) is 3.82. The summed E-state index contributed by atoms with van der Waals surface area (Å²) in [6.07, 6.45) is 8.33. The second kappa shape index (κ2) is 6.52. The van der Waals surface area contributed by atoms with Crippen LogP contribution in [0, 0.1) is 0 Å². The molecule has 5 heteroatoms. The third-order valence-corrected chi connectivity index (χ3v) is 3.12. The first-order chi connectivity index (χ1) is 8.75. The zero-order chi connectivity index (χ0) is 12.8. The zero-order valence-electron chi connectivity index (χ0n) is 10.5. The Labute approximate surface area is 112 Å². The van der Waals surface area contributed by atoms with Crippen LogP contribution in [0.1, 0.15) is 12.0 Å². The number of halogens is 1. The fraction of sp³-hybridized carbons (Fsp3) is 0.385. The molecule has 4 nitrogen and oxygen atoms in total. The lowest BCUT2D eigenvalue weighted by Crippen LogP contribution is -2.20. The normalized spacial score (nSPS) is 11.1. The SMILES string of the molecule is CN(CCCn1cccn1)Cc1ccncc1Cl. The van der Waals surface area contributed by atoms with Crippen LogP contribution < -0.4 is 0 Å². The molecule has 0 aliphatic carbocycles. The summed E-state index contributed by atoms with van der Waals surface area (Å²) >= 11 is 6.08. The van der Waals surface area contributed by atoms with E-state index in [4.69, 9.17) is 11.6 Å². The zero-order valence-corrected chi connectivity index (χ0v) is 11.2. The summed E-state index contributed by atoms with van der Waals surface area (Å²) in [5, 5.41) is 4.91. The first kappa shape index (κ1) is 13.1. The molecule has 0 aliphatic rings. The van der Waals surface area contributed by atoms with Crippen molar-refractivity contribution in [2.45, 2.75) is 19.5 Å². The van der Waals surface area contributed by atoms with E-state index in [0.29, 0.717) is 0 Å². The molecule has 0 saturated carbocycles. The molecule has 0 unspecified atom stereocenters. The van der Waals surface area contributed by atoms with Gasteiger partial charge in [-0.2, -0.15) is 5.10 Å². The monoisotopic (exact) mass is 264 g/mol. The fourth-order valence-corrected chi connectivity index (χ4v) is 2.02. The predicted octanol–water partition coefficient (Wildman–Crippen LogP) is 2.45. The lowest BCUT2D eigenvalue weighted by atomic mass is 10.2. The van der Waals surface area contributed by atoms with Gasteiger partial charge in [0, 0.05) is 37.9 Å². The van der Waals surface area contributed by atoms with Crippen LogP contribution in [-0.2, 0) is 13.1 Å². The van der Waals surface area contributed by atoms with Gasteiger partial charge in [0.1, 0.15) is 0 Å². The van der Waals surface area contributed by atoms with E-state index in [0.717, 1.165) is 36.6 Å². The van der Waals surface area contributed by atoms with E-state index in [2.05, 4.69) is 22.0 Å². The van der Waals surface area contributed by atoms with Gasteiger partial charge in [-0.15, -0.1) is 0 Å². The maximum absolute atomic E-state index is 6.08. The molecule has 0 bridgehead atoms. The number of aromatic nitrogens is 3. The van der Waals surface area contributed by atoms with Gasteiger partial charge in [-0.05, 0) is 37.7 Å². The first-order valence-electron chi connectivity index (χ1n) is 6.00. The Morgan fingerprint density at radius 3 is 3.00 bits per heavy atom. The van der Waals surface area contributed by atoms with Crippen molar-refractivity contribution < 1.29 is 0 Å². The van der Waals surface area contributed by atoms with Gasteiger partial charge < -0.3 is 4.90 Å². The van der Waals surface area contributed by atoms with Crippen molar-refractivity contribution >= 4 is 11.6 Å². The third-order valence-electron chi connectivity index (χ3n) is 2.78. The van der Waals surface area contributed by atoms with Crippen LogP contribution in [0.4, 0.5) is 0 Å². The van der Waals surface area contributed by atoms with Crippen LogP contribution in [0.2, 0.25) is 5.02 Å². The average molecular weight is 265 g/mol. The number of rotatable bonds is 6. The topological polar surface area (TPSA) is 34.0 Å². The molecule has 0 amide bonds. The standard InChI is InChI=1S/C13H17ClN4/c1-17(7-3-9-18-8-2-5-16-18)11-12-4-6-15-10-13(12)14/h2,4-6,8,10H,3,7,9,11H2,1H3. The molecule has 2 rings (SSSR count). The highest BCUT2D eigenvalue weighted by atomic mass is 35.5. The Hall–Kier alpha value is -1.39. The van der Waals surface area contributed by atoms with Crippen molar-refractivity contribution in [2.75, 3.05) is 13.6 Å². The molecule has 2 aromatic rings. The molecule has 18 heavy (non-hydrogen) atoms. The Kier molecular flexibility index (Phi) is 4.73. The van der Waals surface area contributed by atoms with Crippen molar-refractivity contribution in [3.05, 3.63) is 47.5 Å². The lowest BCUT2D eigenvalue weighted by molar-refractivity contribution is 0.311. The maximum atomic E-state index is 6.08. The Morgan fingerprint density at radius 1 is 1.39 bits per heavy atom. The second-order valence-electron chi connectivity index (χ2n) is 4.33. The molecule has 2 heterocycles. The molecule has 0 radical (unpaired) electrons. The predicted molar refractivity (Wildman–Crippen MR) is 72.4 cm³/mol. The van der Waals surface area contributed by atoms with Crippen LogP contribution in [-0.4, -0.2) is 33.3 Å². The van der Waals surface area contributed by atoms with E-state index in [1.165, 1.54) is 0 Å². The fourth-order valence-electron chi connectivity index (χ4n) is 1.84. The highest BCUT2D eigenvalue weighted by Crippen LogP contribution is 2.15. The minimum Gasteiger partial charge on any atom is -0.302 e.